The molecule has 6 rings (SSSR count). The molecule has 2 aromatic carbocycles. The van der Waals surface area contributed by atoms with Crippen LogP contribution in [-0.4, -0.2) is 35.9 Å². The second-order valence-electron chi connectivity index (χ2n) is 8.27. The molecule has 1 aliphatic carbocycles. The van der Waals surface area contributed by atoms with Gasteiger partial charge in [0, 0.05) is 16.6 Å². The Morgan fingerprint density at radius 2 is 1.97 bits per heavy atom. The summed E-state index contributed by atoms with van der Waals surface area (Å²) in [5, 5.41) is 20.8. The van der Waals surface area contributed by atoms with E-state index in [1.54, 1.807) is 0 Å². The summed E-state index contributed by atoms with van der Waals surface area (Å²) in [6, 6.07) is 20.2. The molecule has 0 saturated heterocycles. The minimum absolute atomic E-state index is 0.138. The molecule has 1 N–H and O–H groups in total. The van der Waals surface area contributed by atoms with Crippen molar-refractivity contribution in [3.05, 3.63) is 76.8 Å². The van der Waals surface area contributed by atoms with E-state index < -0.39 is 0 Å². The van der Waals surface area contributed by atoms with Crippen molar-refractivity contribution in [3.8, 4) is 11.4 Å². The lowest BCUT2D eigenvalue weighted by atomic mass is 10.2. The molecule has 1 aliphatic rings. The first-order chi connectivity index (χ1) is 16.2. The molecule has 0 atom stereocenters. The zero-order valence-corrected chi connectivity index (χ0v) is 18.8. The molecule has 5 aromatic rings. The van der Waals surface area contributed by atoms with E-state index in [2.05, 4.69) is 38.1 Å². The van der Waals surface area contributed by atoms with Crippen LogP contribution in [0.3, 0.4) is 0 Å². The molecule has 0 unspecified atom stereocenters. The Kier molecular flexibility index (Phi) is 4.76. The monoisotopic (exact) mass is 455 g/mol. The van der Waals surface area contributed by atoms with E-state index in [0.717, 1.165) is 40.1 Å². The van der Waals surface area contributed by atoms with Crippen LogP contribution in [0.5, 0.6) is 0 Å². The molecular formula is C24H21N7OS. The number of aryl methyl sites for hydroxylation is 1. The summed E-state index contributed by atoms with van der Waals surface area (Å²) in [6.45, 7) is 2.65. The van der Waals surface area contributed by atoms with Crippen LogP contribution in [0.15, 0.2) is 60.7 Å². The molecule has 33 heavy (non-hydrogen) atoms. The number of aromatic nitrogens is 6. The number of thiophene rings is 1. The molecule has 3 aromatic heterocycles. The lowest BCUT2D eigenvalue weighted by Gasteiger charge is -2.07. The fourth-order valence-corrected chi connectivity index (χ4v) is 5.02. The van der Waals surface area contributed by atoms with Crippen molar-refractivity contribution in [2.45, 2.75) is 32.4 Å². The first-order valence-electron chi connectivity index (χ1n) is 10.9. The van der Waals surface area contributed by atoms with Gasteiger partial charge in [-0.25, -0.2) is 4.68 Å². The molecule has 1 amide bonds. The van der Waals surface area contributed by atoms with Crippen molar-refractivity contribution in [2.75, 3.05) is 5.32 Å². The number of tetrazole rings is 1. The number of carbonyl (C=O) groups excluding carboxylic acids is 1. The second-order valence-corrected chi connectivity index (χ2v) is 9.30. The number of fused-ring (bicyclic) bond motifs is 1. The summed E-state index contributed by atoms with van der Waals surface area (Å²) in [6.07, 6.45) is 2.20. The van der Waals surface area contributed by atoms with E-state index in [4.69, 9.17) is 0 Å². The third-order valence-electron chi connectivity index (χ3n) is 5.77. The number of carbonyl (C=O) groups is 1. The molecule has 3 heterocycles. The zero-order valence-electron chi connectivity index (χ0n) is 18.0. The Bertz CT molecular complexity index is 1460. The smallest absolute Gasteiger partial charge is 0.265 e. The molecule has 0 radical (unpaired) electrons. The fraction of sp³-hybridized carbons (Fsp3) is 0.208. The SMILES string of the molecule is Cc1nn(Cc2ccccc2)c2sc(C(=O)Nc3cccc(-c4nnnn4C4CC4)c3)cc12. The molecule has 8 nitrogen and oxygen atoms in total. The molecule has 0 bridgehead atoms. The summed E-state index contributed by atoms with van der Waals surface area (Å²) in [5.41, 5.74) is 3.69. The fourth-order valence-electron chi connectivity index (χ4n) is 3.97. The molecule has 0 spiro atoms. The third-order valence-corrected chi connectivity index (χ3v) is 6.92. The Morgan fingerprint density at radius 1 is 1.12 bits per heavy atom. The van der Waals surface area contributed by atoms with Gasteiger partial charge in [0.25, 0.3) is 5.91 Å². The summed E-state index contributed by atoms with van der Waals surface area (Å²) in [4.78, 5) is 14.7. The van der Waals surface area contributed by atoms with E-state index in [1.807, 2.05) is 64.8 Å². The number of nitrogens with zero attached hydrogens (tertiary/aromatic N) is 6. The van der Waals surface area contributed by atoms with Gasteiger partial charge in [-0.2, -0.15) is 5.10 Å². The maximum Gasteiger partial charge on any atom is 0.265 e. The van der Waals surface area contributed by atoms with Crippen molar-refractivity contribution < 1.29 is 4.79 Å². The number of hydrogen-bond donors (Lipinski definition) is 1. The van der Waals surface area contributed by atoms with Gasteiger partial charge in [-0.1, -0.05) is 42.5 Å². The number of benzene rings is 2. The summed E-state index contributed by atoms with van der Waals surface area (Å²) >= 11 is 1.46. The Labute approximate surface area is 193 Å². The lowest BCUT2D eigenvalue weighted by molar-refractivity contribution is 0.103. The Balaban J connectivity index is 1.25. The van der Waals surface area contributed by atoms with Crippen LogP contribution < -0.4 is 5.32 Å². The van der Waals surface area contributed by atoms with Crippen molar-refractivity contribution >= 4 is 33.1 Å². The quantitative estimate of drug-likeness (QED) is 0.401. The van der Waals surface area contributed by atoms with Gasteiger partial charge in [0.05, 0.1) is 23.2 Å². The number of hydrogen-bond acceptors (Lipinski definition) is 6. The minimum atomic E-state index is -0.138. The lowest BCUT2D eigenvalue weighted by Crippen LogP contribution is -2.10. The number of nitrogens with one attached hydrogen (secondary N) is 1. The van der Waals surface area contributed by atoms with Gasteiger partial charge >= 0.3 is 0 Å². The summed E-state index contributed by atoms with van der Waals surface area (Å²) in [7, 11) is 0. The van der Waals surface area contributed by atoms with Crippen LogP contribution in [0.2, 0.25) is 0 Å². The van der Waals surface area contributed by atoms with Crippen LogP contribution in [0.25, 0.3) is 21.6 Å². The average Bonchev–Trinajstić information content (AvgIpc) is 3.27. The Hall–Kier alpha value is -3.85. The molecule has 1 fully saturated rings. The van der Waals surface area contributed by atoms with Gasteiger partial charge in [0.2, 0.25) is 0 Å². The second kappa shape index (κ2) is 7.93. The highest BCUT2D eigenvalue weighted by Crippen LogP contribution is 2.37. The third kappa shape index (κ3) is 3.80. The predicted octanol–water partition coefficient (Wildman–Crippen LogP) is 4.70. The first kappa shape index (κ1) is 19.8. The van der Waals surface area contributed by atoms with Crippen LogP contribution in [0, 0.1) is 6.92 Å². The van der Waals surface area contributed by atoms with Crippen LogP contribution in [-0.2, 0) is 6.54 Å². The van der Waals surface area contributed by atoms with E-state index in [1.165, 1.54) is 16.9 Å². The van der Waals surface area contributed by atoms with Gasteiger partial charge in [-0.15, -0.1) is 16.4 Å². The van der Waals surface area contributed by atoms with Crippen molar-refractivity contribution in [2.24, 2.45) is 0 Å². The maximum absolute atomic E-state index is 13.1. The van der Waals surface area contributed by atoms with Gasteiger partial charge in [0.15, 0.2) is 5.82 Å². The van der Waals surface area contributed by atoms with E-state index in [0.29, 0.717) is 23.2 Å². The molecule has 0 aliphatic heterocycles. The van der Waals surface area contributed by atoms with E-state index in [9.17, 15) is 4.79 Å². The van der Waals surface area contributed by atoms with Crippen molar-refractivity contribution in [3.63, 3.8) is 0 Å². The van der Waals surface area contributed by atoms with E-state index in [-0.39, 0.29) is 5.91 Å². The molecular weight excluding hydrogens is 434 g/mol. The van der Waals surface area contributed by atoms with Gasteiger partial charge in [-0.05, 0) is 54.0 Å². The number of anilines is 1. The van der Waals surface area contributed by atoms with Crippen LogP contribution >= 0.6 is 11.3 Å². The standard InChI is InChI=1S/C24H21N7OS/c1-15-20-13-21(33-24(20)30(27-15)14-16-6-3-2-4-7-16)23(32)25-18-9-5-8-17(12-18)22-26-28-29-31(22)19-10-11-19/h2-9,12-13,19H,10-11,14H2,1H3,(H,25,32). The topological polar surface area (TPSA) is 90.5 Å². The highest BCUT2D eigenvalue weighted by atomic mass is 32.1. The van der Waals surface area contributed by atoms with Gasteiger partial charge < -0.3 is 5.32 Å². The van der Waals surface area contributed by atoms with Gasteiger partial charge in [-0.3, -0.25) is 9.48 Å². The largest absolute Gasteiger partial charge is 0.321 e. The zero-order chi connectivity index (χ0) is 22.4. The predicted molar refractivity (Wildman–Crippen MR) is 127 cm³/mol. The van der Waals surface area contributed by atoms with E-state index >= 15 is 0 Å². The number of rotatable bonds is 6. The molecule has 164 valence electrons. The van der Waals surface area contributed by atoms with Crippen molar-refractivity contribution in [1.29, 1.82) is 0 Å². The maximum atomic E-state index is 13.1. The van der Waals surface area contributed by atoms with Crippen molar-refractivity contribution in [1.82, 2.24) is 30.0 Å². The summed E-state index contributed by atoms with van der Waals surface area (Å²) in [5.74, 6) is 0.591. The number of amides is 1. The van der Waals surface area contributed by atoms with Gasteiger partial charge in [0.1, 0.15) is 4.83 Å². The average molecular weight is 456 g/mol. The highest BCUT2D eigenvalue weighted by molar-refractivity contribution is 7.20. The molecule has 1 saturated carbocycles. The summed E-state index contributed by atoms with van der Waals surface area (Å²) < 4.78 is 3.84. The van der Waals surface area contributed by atoms with Crippen LogP contribution in [0.4, 0.5) is 5.69 Å². The highest BCUT2D eigenvalue weighted by Gasteiger charge is 2.28. The molecule has 9 heteroatoms. The minimum Gasteiger partial charge on any atom is -0.321 e. The normalized spacial score (nSPS) is 13.5. The first-order valence-corrected chi connectivity index (χ1v) is 11.7. The van der Waals surface area contributed by atoms with Crippen LogP contribution in [0.1, 0.15) is 39.8 Å². The Morgan fingerprint density at radius 3 is 2.79 bits per heavy atom.